The van der Waals surface area contributed by atoms with Gasteiger partial charge in [-0.15, -0.1) is 0 Å². The fourth-order valence-corrected chi connectivity index (χ4v) is 1.63. The molecule has 0 aliphatic heterocycles. The van der Waals surface area contributed by atoms with Crippen LogP contribution in [0.5, 0.6) is 5.75 Å². The van der Waals surface area contributed by atoms with Crippen molar-refractivity contribution >= 4 is 12.0 Å². The van der Waals surface area contributed by atoms with Crippen LogP contribution in [0, 0.1) is 5.92 Å². The van der Waals surface area contributed by atoms with Gasteiger partial charge in [-0.2, -0.15) is 0 Å². The molecular formula is C15H18O4. The van der Waals surface area contributed by atoms with E-state index in [9.17, 15) is 4.79 Å². The Morgan fingerprint density at radius 1 is 1.37 bits per heavy atom. The van der Waals surface area contributed by atoms with E-state index >= 15 is 0 Å². The van der Waals surface area contributed by atoms with Crippen LogP contribution >= 0.6 is 0 Å². The molecule has 1 fully saturated rings. The normalized spacial score (nSPS) is 14.7. The van der Waals surface area contributed by atoms with Crippen LogP contribution in [0.3, 0.4) is 0 Å². The molecule has 2 rings (SSSR count). The zero-order valence-corrected chi connectivity index (χ0v) is 10.7. The smallest absolute Gasteiger partial charge is 0.328 e. The Balaban J connectivity index is 1.72. The van der Waals surface area contributed by atoms with Crippen LogP contribution < -0.4 is 4.74 Å². The maximum atomic E-state index is 10.4. The predicted octanol–water partition coefficient (Wildman–Crippen LogP) is 2.59. The molecule has 0 spiro atoms. The van der Waals surface area contributed by atoms with Crippen molar-refractivity contribution in [2.45, 2.75) is 12.8 Å². The minimum Gasteiger partial charge on any atom is -0.491 e. The van der Waals surface area contributed by atoms with E-state index in [2.05, 4.69) is 0 Å². The third-order valence-electron chi connectivity index (χ3n) is 2.82. The molecule has 4 heteroatoms. The quantitative estimate of drug-likeness (QED) is 0.578. The monoisotopic (exact) mass is 262 g/mol. The molecule has 4 nitrogen and oxygen atoms in total. The van der Waals surface area contributed by atoms with Gasteiger partial charge in [-0.25, -0.2) is 4.79 Å². The van der Waals surface area contributed by atoms with Gasteiger partial charge in [-0.3, -0.25) is 0 Å². The first-order valence-electron chi connectivity index (χ1n) is 6.45. The van der Waals surface area contributed by atoms with Crippen LogP contribution in [-0.4, -0.2) is 30.9 Å². The van der Waals surface area contributed by atoms with Crippen molar-refractivity contribution in [3.8, 4) is 5.75 Å². The van der Waals surface area contributed by atoms with Crippen molar-refractivity contribution in [3.63, 3.8) is 0 Å². The number of benzene rings is 1. The molecular weight excluding hydrogens is 244 g/mol. The van der Waals surface area contributed by atoms with Gasteiger partial charge in [0, 0.05) is 12.7 Å². The summed E-state index contributed by atoms with van der Waals surface area (Å²) in [7, 11) is 0. The van der Waals surface area contributed by atoms with E-state index < -0.39 is 5.97 Å². The summed E-state index contributed by atoms with van der Waals surface area (Å²) in [5.41, 5.74) is 0.804. The first-order valence-corrected chi connectivity index (χ1v) is 6.45. The Hall–Kier alpha value is -1.81. The summed E-state index contributed by atoms with van der Waals surface area (Å²) >= 11 is 0. The van der Waals surface area contributed by atoms with Gasteiger partial charge >= 0.3 is 5.97 Å². The second-order valence-electron chi connectivity index (χ2n) is 4.61. The zero-order chi connectivity index (χ0) is 13.5. The van der Waals surface area contributed by atoms with Gasteiger partial charge < -0.3 is 14.6 Å². The summed E-state index contributed by atoms with van der Waals surface area (Å²) in [5.74, 6) is 0.534. The minimum absolute atomic E-state index is 0.513. The first kappa shape index (κ1) is 13.6. The Labute approximate surface area is 112 Å². The fraction of sp³-hybridized carbons (Fsp3) is 0.400. The molecule has 0 aromatic heterocycles. The molecule has 1 aliphatic carbocycles. The van der Waals surface area contributed by atoms with Crippen LogP contribution in [-0.2, 0) is 9.53 Å². The maximum absolute atomic E-state index is 10.4. The van der Waals surface area contributed by atoms with Gasteiger partial charge in [0.15, 0.2) is 0 Å². The number of aliphatic carboxylic acids is 1. The molecule has 1 N–H and O–H groups in total. The second kappa shape index (κ2) is 6.95. The Morgan fingerprint density at radius 2 is 2.21 bits per heavy atom. The molecule has 0 unspecified atom stereocenters. The average Bonchev–Trinajstić information content (AvgIpc) is 3.21. The highest BCUT2D eigenvalue weighted by Gasteiger charge is 2.20. The van der Waals surface area contributed by atoms with E-state index in [4.69, 9.17) is 14.6 Å². The van der Waals surface area contributed by atoms with Crippen LogP contribution in [0.1, 0.15) is 18.4 Å². The van der Waals surface area contributed by atoms with Crippen LogP contribution in [0.25, 0.3) is 6.08 Å². The third kappa shape index (κ3) is 5.57. The maximum Gasteiger partial charge on any atom is 0.328 e. The zero-order valence-electron chi connectivity index (χ0n) is 10.7. The van der Waals surface area contributed by atoms with Crippen molar-refractivity contribution < 1.29 is 19.4 Å². The summed E-state index contributed by atoms with van der Waals surface area (Å²) in [6.07, 6.45) is 5.23. The number of carboxylic acid groups (broad SMARTS) is 1. The Kier molecular flexibility index (Phi) is 4.98. The van der Waals surface area contributed by atoms with E-state index in [0.29, 0.717) is 13.2 Å². The molecule has 102 valence electrons. The summed E-state index contributed by atoms with van der Waals surface area (Å²) in [5, 5.41) is 8.56. The largest absolute Gasteiger partial charge is 0.491 e. The lowest BCUT2D eigenvalue weighted by Crippen LogP contribution is -2.08. The molecule has 0 radical (unpaired) electrons. The van der Waals surface area contributed by atoms with Crippen molar-refractivity contribution in [3.05, 3.63) is 35.9 Å². The highest BCUT2D eigenvalue weighted by Crippen LogP contribution is 2.28. The second-order valence-corrected chi connectivity index (χ2v) is 4.61. The van der Waals surface area contributed by atoms with E-state index in [-0.39, 0.29) is 0 Å². The van der Waals surface area contributed by atoms with Crippen molar-refractivity contribution in [1.29, 1.82) is 0 Å². The number of ether oxygens (including phenoxy) is 2. The topological polar surface area (TPSA) is 55.8 Å². The van der Waals surface area contributed by atoms with E-state index in [1.165, 1.54) is 12.8 Å². The molecule has 0 atom stereocenters. The third-order valence-corrected chi connectivity index (χ3v) is 2.82. The molecule has 1 aliphatic rings. The van der Waals surface area contributed by atoms with Crippen molar-refractivity contribution in [1.82, 2.24) is 0 Å². The lowest BCUT2D eigenvalue weighted by molar-refractivity contribution is -0.131. The number of hydrogen-bond acceptors (Lipinski definition) is 3. The summed E-state index contributed by atoms with van der Waals surface area (Å²) in [6.45, 7) is 1.94. The molecule has 1 saturated carbocycles. The van der Waals surface area contributed by atoms with Crippen LogP contribution in [0.4, 0.5) is 0 Å². The fourth-order valence-electron chi connectivity index (χ4n) is 1.63. The van der Waals surface area contributed by atoms with Crippen LogP contribution in [0.15, 0.2) is 30.3 Å². The number of rotatable bonds is 8. The van der Waals surface area contributed by atoms with Gasteiger partial charge in [-0.1, -0.05) is 12.1 Å². The van der Waals surface area contributed by atoms with Gasteiger partial charge in [0.2, 0.25) is 0 Å². The van der Waals surface area contributed by atoms with Crippen molar-refractivity contribution in [2.24, 2.45) is 5.92 Å². The molecule has 1 aromatic carbocycles. The highest BCUT2D eigenvalue weighted by molar-refractivity contribution is 5.85. The Morgan fingerprint density at radius 3 is 2.95 bits per heavy atom. The molecule has 19 heavy (non-hydrogen) atoms. The standard InChI is InChI=1S/C15H18O4/c16-15(17)7-6-12-2-1-3-14(10-12)19-9-8-18-11-13-4-5-13/h1-3,6-7,10,13H,4-5,8-9,11H2,(H,16,17). The number of carbonyl (C=O) groups is 1. The van der Waals surface area contributed by atoms with Gasteiger partial charge in [-0.05, 0) is 42.5 Å². The first-order chi connectivity index (χ1) is 9.24. The van der Waals surface area contributed by atoms with E-state index in [0.717, 1.165) is 29.9 Å². The van der Waals surface area contributed by atoms with Crippen molar-refractivity contribution in [2.75, 3.05) is 19.8 Å². The predicted molar refractivity (Wildman–Crippen MR) is 72.1 cm³/mol. The van der Waals surface area contributed by atoms with Gasteiger partial charge in [0.25, 0.3) is 0 Å². The molecule has 0 saturated heterocycles. The SMILES string of the molecule is O=C(O)C=Cc1cccc(OCCOCC2CC2)c1. The molecule has 1 aromatic rings. The molecule has 0 bridgehead atoms. The molecule has 0 heterocycles. The Bertz CT molecular complexity index is 449. The lowest BCUT2D eigenvalue weighted by Gasteiger charge is -2.07. The van der Waals surface area contributed by atoms with Gasteiger partial charge in [0.05, 0.1) is 6.61 Å². The highest BCUT2D eigenvalue weighted by atomic mass is 16.5. The number of hydrogen-bond donors (Lipinski definition) is 1. The average molecular weight is 262 g/mol. The van der Waals surface area contributed by atoms with E-state index in [1.807, 2.05) is 18.2 Å². The van der Waals surface area contributed by atoms with Gasteiger partial charge in [0.1, 0.15) is 12.4 Å². The van der Waals surface area contributed by atoms with E-state index in [1.54, 1.807) is 12.1 Å². The lowest BCUT2D eigenvalue weighted by atomic mass is 10.2. The summed E-state index contributed by atoms with van der Waals surface area (Å²) in [6, 6.07) is 7.32. The minimum atomic E-state index is -0.959. The van der Waals surface area contributed by atoms with Crippen LogP contribution in [0.2, 0.25) is 0 Å². The molecule has 0 amide bonds. The summed E-state index contributed by atoms with van der Waals surface area (Å²) in [4.78, 5) is 10.4. The summed E-state index contributed by atoms with van der Waals surface area (Å²) < 4.78 is 11.0. The number of carboxylic acids is 1.